The van der Waals surface area contributed by atoms with Gasteiger partial charge in [0.25, 0.3) is 0 Å². The van der Waals surface area contributed by atoms with E-state index in [0.717, 1.165) is 30.9 Å². The fourth-order valence-electron chi connectivity index (χ4n) is 4.89. The summed E-state index contributed by atoms with van der Waals surface area (Å²) in [4.78, 5) is 17.4. The number of anilines is 1. The SMILES string of the molecule is Cc1ccccc1[C@@H]1[C@@H]2CN(C(=O)Nc3cccc(C)c3C)C[C@@H]2CN1C.Cl. The van der Waals surface area contributed by atoms with Crippen LogP contribution < -0.4 is 5.32 Å². The van der Waals surface area contributed by atoms with Crippen LogP contribution in [-0.4, -0.2) is 42.5 Å². The fraction of sp³-hybridized carbons (Fsp3) is 0.435. The van der Waals surface area contributed by atoms with Gasteiger partial charge in [0.1, 0.15) is 0 Å². The molecule has 0 radical (unpaired) electrons. The number of nitrogens with one attached hydrogen (secondary N) is 1. The fourth-order valence-corrected chi connectivity index (χ4v) is 4.89. The molecule has 0 bridgehead atoms. The Morgan fingerprint density at radius 2 is 1.68 bits per heavy atom. The van der Waals surface area contributed by atoms with Gasteiger partial charge in [-0.05, 0) is 62.1 Å². The second kappa shape index (κ2) is 8.14. The predicted molar refractivity (Wildman–Crippen MR) is 117 cm³/mol. The molecule has 150 valence electrons. The summed E-state index contributed by atoms with van der Waals surface area (Å²) in [6.07, 6.45) is 0. The molecular formula is C23H30ClN3O. The Hall–Kier alpha value is -2.04. The van der Waals surface area contributed by atoms with Gasteiger partial charge < -0.3 is 10.2 Å². The summed E-state index contributed by atoms with van der Waals surface area (Å²) in [6, 6.07) is 15.2. The van der Waals surface area contributed by atoms with E-state index < -0.39 is 0 Å². The zero-order chi connectivity index (χ0) is 19.1. The van der Waals surface area contributed by atoms with Crippen LogP contribution >= 0.6 is 12.4 Å². The van der Waals surface area contributed by atoms with Crippen LogP contribution in [0.4, 0.5) is 10.5 Å². The number of halogens is 1. The molecule has 2 aliphatic heterocycles. The summed E-state index contributed by atoms with van der Waals surface area (Å²) in [5, 5.41) is 3.13. The molecule has 2 heterocycles. The molecule has 0 aromatic heterocycles. The van der Waals surface area contributed by atoms with E-state index in [0.29, 0.717) is 17.9 Å². The summed E-state index contributed by atoms with van der Waals surface area (Å²) in [6.45, 7) is 9.05. The largest absolute Gasteiger partial charge is 0.324 e. The van der Waals surface area contributed by atoms with Gasteiger partial charge in [-0.15, -0.1) is 12.4 Å². The van der Waals surface area contributed by atoms with E-state index in [1.54, 1.807) is 0 Å². The first kappa shape index (κ1) is 20.7. The molecule has 4 rings (SSSR count). The molecule has 2 saturated heterocycles. The minimum Gasteiger partial charge on any atom is -0.324 e. The van der Waals surface area contributed by atoms with Gasteiger partial charge in [0.15, 0.2) is 0 Å². The lowest BCUT2D eigenvalue weighted by Crippen LogP contribution is -2.36. The third-order valence-corrected chi connectivity index (χ3v) is 6.54. The lowest BCUT2D eigenvalue weighted by atomic mass is 9.88. The molecule has 2 aromatic carbocycles. The first-order chi connectivity index (χ1) is 13.0. The van der Waals surface area contributed by atoms with Crippen molar-refractivity contribution in [2.45, 2.75) is 26.8 Å². The van der Waals surface area contributed by atoms with Crippen molar-refractivity contribution in [3.63, 3.8) is 0 Å². The standard InChI is InChI=1S/C23H29N3O.ClH/c1-15-9-7-11-21(17(15)3)24-23(27)26-13-18-12-25(4)22(20(18)14-26)19-10-6-5-8-16(19)2;/h5-11,18,20,22H,12-14H2,1-4H3,(H,24,27);1H/t18-,20+,22+;/m0./s1. The second-order valence-electron chi connectivity index (χ2n) is 8.25. The van der Waals surface area contributed by atoms with Gasteiger partial charge in [0.2, 0.25) is 0 Å². The highest BCUT2D eigenvalue weighted by molar-refractivity contribution is 5.90. The lowest BCUT2D eigenvalue weighted by molar-refractivity contribution is 0.205. The molecule has 28 heavy (non-hydrogen) atoms. The zero-order valence-corrected chi connectivity index (χ0v) is 17.9. The van der Waals surface area contributed by atoms with Crippen molar-refractivity contribution in [1.29, 1.82) is 0 Å². The number of fused-ring (bicyclic) bond motifs is 1. The van der Waals surface area contributed by atoms with Gasteiger partial charge in [-0.3, -0.25) is 4.90 Å². The highest BCUT2D eigenvalue weighted by atomic mass is 35.5. The number of carbonyl (C=O) groups excluding carboxylic acids is 1. The third kappa shape index (κ3) is 3.63. The van der Waals surface area contributed by atoms with Crippen LogP contribution in [0.2, 0.25) is 0 Å². The molecule has 3 atom stereocenters. The molecule has 2 aliphatic rings. The molecule has 5 heteroatoms. The number of urea groups is 1. The number of carbonyl (C=O) groups is 1. The topological polar surface area (TPSA) is 35.6 Å². The number of hydrogen-bond donors (Lipinski definition) is 1. The molecule has 2 aromatic rings. The van der Waals surface area contributed by atoms with Crippen LogP contribution in [0.1, 0.15) is 28.3 Å². The minimum absolute atomic E-state index is 0. The van der Waals surface area contributed by atoms with Gasteiger partial charge in [-0.2, -0.15) is 0 Å². The number of hydrogen-bond acceptors (Lipinski definition) is 2. The van der Waals surface area contributed by atoms with E-state index in [4.69, 9.17) is 0 Å². The molecule has 0 spiro atoms. The van der Waals surface area contributed by atoms with Gasteiger partial charge in [-0.1, -0.05) is 36.4 Å². The highest BCUT2D eigenvalue weighted by Crippen LogP contribution is 2.44. The van der Waals surface area contributed by atoms with Crippen molar-refractivity contribution < 1.29 is 4.79 Å². The average Bonchev–Trinajstić information content (AvgIpc) is 3.16. The normalized spacial score (nSPS) is 24.0. The molecule has 4 nitrogen and oxygen atoms in total. The van der Waals surface area contributed by atoms with Crippen LogP contribution in [-0.2, 0) is 0 Å². The highest BCUT2D eigenvalue weighted by Gasteiger charge is 2.47. The van der Waals surface area contributed by atoms with E-state index in [9.17, 15) is 4.79 Å². The lowest BCUT2D eigenvalue weighted by Gasteiger charge is -2.28. The molecule has 2 fully saturated rings. The summed E-state index contributed by atoms with van der Waals surface area (Å²) in [5.74, 6) is 1.05. The number of rotatable bonds is 2. The number of nitrogens with zero attached hydrogens (tertiary/aromatic N) is 2. The monoisotopic (exact) mass is 399 g/mol. The molecule has 1 N–H and O–H groups in total. The van der Waals surface area contributed by atoms with Gasteiger partial charge >= 0.3 is 6.03 Å². The Labute approximate surface area is 174 Å². The summed E-state index contributed by atoms with van der Waals surface area (Å²) in [5.41, 5.74) is 6.01. The Morgan fingerprint density at radius 1 is 0.964 bits per heavy atom. The van der Waals surface area contributed by atoms with E-state index >= 15 is 0 Å². The maximum Gasteiger partial charge on any atom is 0.321 e. The smallest absolute Gasteiger partial charge is 0.321 e. The van der Waals surface area contributed by atoms with E-state index in [2.05, 4.69) is 68.4 Å². The van der Waals surface area contributed by atoms with Crippen LogP contribution in [0, 0.1) is 32.6 Å². The third-order valence-electron chi connectivity index (χ3n) is 6.54. The average molecular weight is 400 g/mol. The molecular weight excluding hydrogens is 370 g/mol. The summed E-state index contributed by atoms with van der Waals surface area (Å²) < 4.78 is 0. The van der Waals surface area contributed by atoms with E-state index in [1.165, 1.54) is 16.7 Å². The Balaban J connectivity index is 0.00000225. The number of likely N-dealkylation sites (tertiary alicyclic amines) is 2. The van der Waals surface area contributed by atoms with Crippen molar-refractivity contribution in [3.8, 4) is 0 Å². The number of benzene rings is 2. The van der Waals surface area contributed by atoms with Crippen LogP contribution in [0.5, 0.6) is 0 Å². The number of aryl methyl sites for hydroxylation is 2. The Kier molecular flexibility index (Phi) is 6.01. The predicted octanol–water partition coefficient (Wildman–Crippen LogP) is 4.80. The first-order valence-corrected chi connectivity index (χ1v) is 9.83. The second-order valence-corrected chi connectivity index (χ2v) is 8.25. The van der Waals surface area contributed by atoms with Crippen molar-refractivity contribution in [1.82, 2.24) is 9.80 Å². The van der Waals surface area contributed by atoms with Crippen molar-refractivity contribution in [2.24, 2.45) is 11.8 Å². The van der Waals surface area contributed by atoms with E-state index in [1.807, 2.05) is 17.0 Å². The van der Waals surface area contributed by atoms with Crippen LogP contribution in [0.25, 0.3) is 0 Å². The minimum atomic E-state index is 0. The van der Waals surface area contributed by atoms with Crippen LogP contribution in [0.15, 0.2) is 42.5 Å². The van der Waals surface area contributed by atoms with Crippen LogP contribution in [0.3, 0.4) is 0 Å². The van der Waals surface area contributed by atoms with Crippen molar-refractivity contribution in [2.75, 3.05) is 32.0 Å². The Bertz CT molecular complexity index is 869. The van der Waals surface area contributed by atoms with E-state index in [-0.39, 0.29) is 18.4 Å². The Morgan fingerprint density at radius 3 is 2.43 bits per heavy atom. The summed E-state index contributed by atoms with van der Waals surface area (Å²) >= 11 is 0. The molecule has 0 aliphatic carbocycles. The van der Waals surface area contributed by atoms with Crippen molar-refractivity contribution in [3.05, 3.63) is 64.7 Å². The quantitative estimate of drug-likeness (QED) is 0.787. The number of amides is 2. The van der Waals surface area contributed by atoms with Gasteiger partial charge in [-0.25, -0.2) is 4.79 Å². The molecule has 2 amide bonds. The zero-order valence-electron chi connectivity index (χ0n) is 17.1. The van der Waals surface area contributed by atoms with Gasteiger partial charge in [0.05, 0.1) is 0 Å². The molecule has 0 unspecified atom stereocenters. The maximum absolute atomic E-state index is 12.9. The summed E-state index contributed by atoms with van der Waals surface area (Å²) in [7, 11) is 2.22. The van der Waals surface area contributed by atoms with Crippen molar-refractivity contribution >= 4 is 24.1 Å². The van der Waals surface area contributed by atoms with Gasteiger partial charge in [0, 0.05) is 37.3 Å². The maximum atomic E-state index is 12.9. The first-order valence-electron chi connectivity index (χ1n) is 9.83. The molecule has 0 saturated carbocycles.